The Labute approximate surface area is 185 Å². The van der Waals surface area contributed by atoms with E-state index in [0.29, 0.717) is 29.5 Å². The van der Waals surface area contributed by atoms with E-state index >= 15 is 0 Å². The first-order chi connectivity index (χ1) is 15.1. The second kappa shape index (κ2) is 9.42. The summed E-state index contributed by atoms with van der Waals surface area (Å²) in [6.45, 7) is 8.69. The van der Waals surface area contributed by atoms with Crippen LogP contribution < -0.4 is 4.74 Å². The zero-order valence-corrected chi connectivity index (χ0v) is 18.7. The number of hydrogen-bond acceptors (Lipinski definition) is 6. The van der Waals surface area contributed by atoms with E-state index in [-0.39, 0.29) is 30.0 Å². The molecule has 0 unspecified atom stereocenters. The van der Waals surface area contributed by atoms with Gasteiger partial charge in [-0.05, 0) is 38.5 Å². The maximum atomic E-state index is 13.4. The number of alkyl halides is 2. The van der Waals surface area contributed by atoms with Crippen LogP contribution in [0.25, 0.3) is 11.5 Å². The Bertz CT molecular complexity index is 1080. The first kappa shape index (κ1) is 23.3. The molecule has 0 N–H and O–H groups in total. The largest absolute Gasteiger partial charge is 0.475 e. The summed E-state index contributed by atoms with van der Waals surface area (Å²) in [5, 5.41) is 7.95. The molecule has 3 rings (SSSR count). The van der Waals surface area contributed by atoms with Gasteiger partial charge in [-0.3, -0.25) is 4.79 Å². The number of carbonyl (C=O) groups excluding carboxylic acids is 1. The summed E-state index contributed by atoms with van der Waals surface area (Å²) >= 11 is 0. The van der Waals surface area contributed by atoms with Crippen molar-refractivity contribution >= 4 is 5.91 Å². The van der Waals surface area contributed by atoms with Crippen LogP contribution in [0.1, 0.15) is 48.1 Å². The van der Waals surface area contributed by atoms with E-state index in [4.69, 9.17) is 9.15 Å². The molecule has 0 bridgehead atoms. The van der Waals surface area contributed by atoms with E-state index in [1.807, 2.05) is 26.8 Å². The highest BCUT2D eigenvalue weighted by atomic mass is 19.3. The zero-order chi connectivity index (χ0) is 23.5. The number of likely N-dealkylation sites (N-methyl/N-ethyl adjacent to an activating group) is 1. The van der Waals surface area contributed by atoms with Gasteiger partial charge in [0.1, 0.15) is 6.61 Å². The summed E-state index contributed by atoms with van der Waals surface area (Å²) in [5.74, 6) is -2.25. The molecule has 0 aliphatic heterocycles. The average Bonchev–Trinajstić information content (AvgIpc) is 3.18. The molecule has 0 fully saturated rings. The molecule has 2 aromatic heterocycles. The van der Waals surface area contributed by atoms with Crippen molar-refractivity contribution in [3.8, 4) is 17.3 Å². The number of rotatable bonds is 8. The fourth-order valence-corrected chi connectivity index (χ4v) is 3.36. The van der Waals surface area contributed by atoms with E-state index in [0.717, 1.165) is 18.7 Å². The van der Waals surface area contributed by atoms with Crippen LogP contribution in [-0.2, 0) is 5.92 Å². The van der Waals surface area contributed by atoms with Crippen molar-refractivity contribution in [1.82, 2.24) is 20.1 Å². The van der Waals surface area contributed by atoms with Crippen molar-refractivity contribution in [2.24, 2.45) is 0 Å². The first-order valence-corrected chi connectivity index (χ1v) is 10.3. The van der Waals surface area contributed by atoms with Crippen LogP contribution in [0.15, 0.2) is 40.9 Å². The van der Waals surface area contributed by atoms with Crippen LogP contribution in [-0.4, -0.2) is 45.2 Å². The molecule has 0 spiro atoms. The molecule has 2 heterocycles. The van der Waals surface area contributed by atoms with E-state index in [1.54, 1.807) is 24.0 Å². The van der Waals surface area contributed by atoms with E-state index in [2.05, 4.69) is 15.2 Å². The molecule has 1 amide bonds. The topological polar surface area (TPSA) is 81.4 Å². The SMILES string of the molecule is CCN(C(=O)c1cccc(C)c1-c1nnc(C)o1)[C@@H](C)COc1ccc(C(C)(F)F)cn1. The van der Waals surface area contributed by atoms with Crippen LogP contribution in [0, 0.1) is 13.8 Å². The van der Waals surface area contributed by atoms with Crippen molar-refractivity contribution in [2.75, 3.05) is 13.2 Å². The second-order valence-electron chi connectivity index (χ2n) is 7.65. The smallest absolute Gasteiger partial charge is 0.272 e. The lowest BCUT2D eigenvalue weighted by molar-refractivity contribution is 0.0169. The Morgan fingerprint density at radius 2 is 1.97 bits per heavy atom. The number of amides is 1. The van der Waals surface area contributed by atoms with Gasteiger partial charge < -0.3 is 14.1 Å². The molecular weight excluding hydrogens is 418 g/mol. The van der Waals surface area contributed by atoms with Crippen LogP contribution in [0.2, 0.25) is 0 Å². The molecule has 32 heavy (non-hydrogen) atoms. The second-order valence-corrected chi connectivity index (χ2v) is 7.65. The summed E-state index contributed by atoms with van der Waals surface area (Å²) in [7, 11) is 0. The zero-order valence-electron chi connectivity index (χ0n) is 18.7. The summed E-state index contributed by atoms with van der Waals surface area (Å²) < 4.78 is 37.9. The molecule has 0 saturated carbocycles. The van der Waals surface area contributed by atoms with Crippen LogP contribution >= 0.6 is 0 Å². The number of ether oxygens (including phenoxy) is 1. The maximum absolute atomic E-state index is 13.4. The van der Waals surface area contributed by atoms with Gasteiger partial charge in [0.15, 0.2) is 0 Å². The molecule has 7 nitrogen and oxygen atoms in total. The molecule has 0 aliphatic carbocycles. The normalized spacial score (nSPS) is 12.5. The molecule has 1 aromatic carbocycles. The molecule has 9 heteroatoms. The van der Waals surface area contributed by atoms with Gasteiger partial charge >= 0.3 is 0 Å². The third-order valence-electron chi connectivity index (χ3n) is 5.09. The third kappa shape index (κ3) is 5.09. The van der Waals surface area contributed by atoms with Crippen molar-refractivity contribution in [3.05, 3.63) is 59.1 Å². The lowest BCUT2D eigenvalue weighted by atomic mass is 10.00. The fraction of sp³-hybridized carbons (Fsp3) is 0.391. The molecule has 0 radical (unpaired) electrons. The highest BCUT2D eigenvalue weighted by Crippen LogP contribution is 2.29. The van der Waals surface area contributed by atoms with Crippen molar-refractivity contribution in [3.63, 3.8) is 0 Å². The number of aryl methyl sites for hydroxylation is 2. The van der Waals surface area contributed by atoms with E-state index in [9.17, 15) is 13.6 Å². The average molecular weight is 444 g/mol. The summed E-state index contributed by atoms with van der Waals surface area (Å²) in [4.78, 5) is 19.0. The minimum atomic E-state index is -2.97. The number of hydrogen-bond donors (Lipinski definition) is 0. The Hall–Kier alpha value is -3.36. The Morgan fingerprint density at radius 1 is 1.22 bits per heavy atom. The predicted octanol–water partition coefficient (Wildman–Crippen LogP) is 4.79. The molecule has 3 aromatic rings. The van der Waals surface area contributed by atoms with Gasteiger partial charge in [0, 0.05) is 38.2 Å². The van der Waals surface area contributed by atoms with Crippen LogP contribution in [0.4, 0.5) is 8.78 Å². The Kier molecular flexibility index (Phi) is 6.86. The Morgan fingerprint density at radius 3 is 2.53 bits per heavy atom. The third-order valence-corrected chi connectivity index (χ3v) is 5.09. The van der Waals surface area contributed by atoms with Crippen LogP contribution in [0.3, 0.4) is 0 Å². The quantitative estimate of drug-likeness (QED) is 0.497. The number of carbonyl (C=O) groups is 1. The standard InChI is InChI=1S/C23H26F2N4O3/c1-6-29(15(3)13-31-19-11-10-17(12-26-19)23(5,24)25)22(30)18-9-7-8-14(2)20(18)21-28-27-16(4)32-21/h7-12,15H,6,13H2,1-5H3/t15-/m0/s1. The van der Waals surface area contributed by atoms with Gasteiger partial charge in [0.05, 0.1) is 17.2 Å². The molecule has 1 atom stereocenters. The fourth-order valence-electron chi connectivity index (χ4n) is 3.36. The van der Waals surface area contributed by atoms with Crippen molar-refractivity contribution in [2.45, 2.75) is 46.6 Å². The Balaban J connectivity index is 1.77. The first-order valence-electron chi connectivity index (χ1n) is 10.3. The number of halogens is 2. The number of pyridine rings is 1. The molecular formula is C23H26F2N4O3. The van der Waals surface area contributed by atoms with Gasteiger partial charge in [-0.2, -0.15) is 0 Å². The van der Waals surface area contributed by atoms with Crippen molar-refractivity contribution in [1.29, 1.82) is 0 Å². The highest BCUT2D eigenvalue weighted by molar-refractivity contribution is 6.00. The molecule has 0 saturated heterocycles. The lowest BCUT2D eigenvalue weighted by Crippen LogP contribution is -2.42. The molecule has 170 valence electrons. The van der Waals surface area contributed by atoms with Crippen molar-refractivity contribution < 1.29 is 22.7 Å². The summed E-state index contributed by atoms with van der Waals surface area (Å²) in [5.41, 5.74) is 1.71. The highest BCUT2D eigenvalue weighted by Gasteiger charge is 2.27. The maximum Gasteiger partial charge on any atom is 0.272 e. The van der Waals surface area contributed by atoms with Gasteiger partial charge in [-0.25, -0.2) is 13.8 Å². The summed E-state index contributed by atoms with van der Waals surface area (Å²) in [6.07, 6.45) is 1.09. The number of benzene rings is 1. The van der Waals surface area contributed by atoms with Gasteiger partial charge in [-0.15, -0.1) is 10.2 Å². The number of aromatic nitrogens is 3. The van der Waals surface area contributed by atoms with Gasteiger partial charge in [0.2, 0.25) is 17.7 Å². The minimum Gasteiger partial charge on any atom is -0.475 e. The van der Waals surface area contributed by atoms with E-state index in [1.165, 1.54) is 12.1 Å². The lowest BCUT2D eigenvalue weighted by Gasteiger charge is -2.28. The van der Waals surface area contributed by atoms with Crippen LogP contribution in [0.5, 0.6) is 5.88 Å². The predicted molar refractivity (Wildman–Crippen MR) is 115 cm³/mol. The van der Waals surface area contributed by atoms with E-state index < -0.39 is 5.92 Å². The minimum absolute atomic E-state index is 0.148. The van der Waals surface area contributed by atoms with Gasteiger partial charge in [0.25, 0.3) is 11.8 Å². The van der Waals surface area contributed by atoms with Gasteiger partial charge in [-0.1, -0.05) is 12.1 Å². The monoisotopic (exact) mass is 444 g/mol. The summed E-state index contributed by atoms with van der Waals surface area (Å²) in [6, 6.07) is 7.78. The number of nitrogens with zero attached hydrogens (tertiary/aromatic N) is 4. The molecule has 0 aliphatic rings.